The monoisotopic (exact) mass is 540 g/mol. The van der Waals surface area contributed by atoms with Gasteiger partial charge in [0.1, 0.15) is 5.54 Å². The number of nitriles is 1. The van der Waals surface area contributed by atoms with Crippen molar-refractivity contribution in [2.24, 2.45) is 0 Å². The number of hydrogen-bond donors (Lipinski definition) is 1. The number of carbonyl (C=O) groups is 1. The number of thiocarbonyl (C=S) groups is 2. The number of anilines is 1. The van der Waals surface area contributed by atoms with Crippen LogP contribution in [0.5, 0.6) is 0 Å². The standard InChI is InChI=1S/C24H31F3N6OS2/c1-4-8-29-21(35)31-13-11-30(12-14-31)9-5-10-32-22(36)33(20(34)23(32,2)3)18-7-6-17(16-28)19(15-18)24(25,26)27/h6-7,15H,4-5,8-14H2,1-3H3,(H,29,35). The van der Waals surface area contributed by atoms with Gasteiger partial charge in [-0.2, -0.15) is 18.4 Å². The lowest BCUT2D eigenvalue weighted by Gasteiger charge is -2.37. The number of amides is 1. The summed E-state index contributed by atoms with van der Waals surface area (Å²) >= 11 is 11.0. The van der Waals surface area contributed by atoms with E-state index in [1.165, 1.54) is 6.07 Å². The van der Waals surface area contributed by atoms with Gasteiger partial charge in [-0.25, -0.2) is 0 Å². The molecule has 1 aromatic carbocycles. The van der Waals surface area contributed by atoms with Crippen LogP contribution in [0.1, 0.15) is 44.7 Å². The van der Waals surface area contributed by atoms with E-state index in [4.69, 9.17) is 29.7 Å². The Bertz CT molecular complexity index is 1050. The number of hydrogen-bond acceptors (Lipinski definition) is 5. The Kier molecular flexibility index (Phi) is 8.80. The molecule has 0 aromatic heterocycles. The van der Waals surface area contributed by atoms with E-state index in [0.29, 0.717) is 6.54 Å². The van der Waals surface area contributed by atoms with Crippen LogP contribution in [0.2, 0.25) is 0 Å². The molecular weight excluding hydrogens is 509 g/mol. The highest BCUT2D eigenvalue weighted by Crippen LogP contribution is 2.37. The molecule has 2 fully saturated rings. The molecule has 196 valence electrons. The summed E-state index contributed by atoms with van der Waals surface area (Å²) in [5.74, 6) is -0.396. The Morgan fingerprint density at radius 3 is 2.44 bits per heavy atom. The average molecular weight is 541 g/mol. The summed E-state index contributed by atoms with van der Waals surface area (Å²) in [6.45, 7) is 11.1. The molecule has 7 nitrogen and oxygen atoms in total. The second-order valence-corrected chi connectivity index (χ2v) is 10.1. The topological polar surface area (TPSA) is 65.8 Å². The fraction of sp³-hybridized carbons (Fsp3) is 0.583. The zero-order chi connectivity index (χ0) is 26.7. The molecule has 0 aliphatic carbocycles. The van der Waals surface area contributed by atoms with Crippen LogP contribution in [0, 0.1) is 11.3 Å². The first kappa shape index (κ1) is 28.1. The first-order valence-corrected chi connectivity index (χ1v) is 12.8. The van der Waals surface area contributed by atoms with E-state index in [9.17, 15) is 18.0 Å². The lowest BCUT2D eigenvalue weighted by atomic mass is 10.0. The van der Waals surface area contributed by atoms with Crippen molar-refractivity contribution < 1.29 is 18.0 Å². The number of nitrogens with zero attached hydrogens (tertiary/aromatic N) is 5. The molecule has 1 amide bonds. The van der Waals surface area contributed by atoms with E-state index >= 15 is 0 Å². The maximum absolute atomic E-state index is 13.5. The Hall–Kier alpha value is -2.49. The van der Waals surface area contributed by atoms with E-state index in [0.717, 1.165) is 74.3 Å². The van der Waals surface area contributed by atoms with Crippen molar-refractivity contribution in [2.45, 2.75) is 45.3 Å². The first-order valence-electron chi connectivity index (χ1n) is 11.9. The normalized spacial score (nSPS) is 18.5. The number of carbonyl (C=O) groups excluding carboxylic acids is 1. The van der Waals surface area contributed by atoms with E-state index in [-0.39, 0.29) is 10.8 Å². The number of alkyl halides is 3. The molecular formula is C24H31F3N6OS2. The maximum atomic E-state index is 13.5. The van der Waals surface area contributed by atoms with Crippen molar-refractivity contribution in [1.29, 1.82) is 5.26 Å². The third-order valence-corrected chi connectivity index (χ3v) is 7.36. The van der Waals surface area contributed by atoms with Gasteiger partial charge in [0.15, 0.2) is 10.2 Å². The zero-order valence-electron chi connectivity index (χ0n) is 20.7. The predicted molar refractivity (Wildman–Crippen MR) is 141 cm³/mol. The van der Waals surface area contributed by atoms with Crippen molar-refractivity contribution in [3.8, 4) is 6.07 Å². The summed E-state index contributed by atoms with van der Waals surface area (Å²) < 4.78 is 40.4. The third kappa shape index (κ3) is 5.90. The second-order valence-electron chi connectivity index (χ2n) is 9.39. The summed E-state index contributed by atoms with van der Waals surface area (Å²) in [6, 6.07) is 4.79. The Balaban J connectivity index is 1.63. The molecule has 0 saturated carbocycles. The molecule has 12 heteroatoms. The van der Waals surface area contributed by atoms with Gasteiger partial charge in [0, 0.05) is 39.3 Å². The van der Waals surface area contributed by atoms with Gasteiger partial charge in [-0.05, 0) is 75.9 Å². The highest BCUT2D eigenvalue weighted by atomic mass is 32.1. The summed E-state index contributed by atoms with van der Waals surface area (Å²) in [7, 11) is 0. The molecule has 2 heterocycles. The van der Waals surface area contributed by atoms with Gasteiger partial charge < -0.3 is 15.1 Å². The number of benzene rings is 1. The van der Waals surface area contributed by atoms with Crippen LogP contribution in [0.4, 0.5) is 18.9 Å². The Labute approximate surface area is 220 Å². The Morgan fingerprint density at radius 1 is 1.19 bits per heavy atom. The van der Waals surface area contributed by atoms with Crippen LogP contribution < -0.4 is 10.2 Å². The van der Waals surface area contributed by atoms with Crippen LogP contribution in [0.15, 0.2) is 18.2 Å². The molecule has 0 atom stereocenters. The van der Waals surface area contributed by atoms with Crippen LogP contribution in [-0.2, 0) is 11.0 Å². The molecule has 2 aliphatic rings. The molecule has 0 radical (unpaired) electrons. The van der Waals surface area contributed by atoms with E-state index in [1.54, 1.807) is 24.8 Å². The first-order chi connectivity index (χ1) is 16.9. The highest BCUT2D eigenvalue weighted by molar-refractivity contribution is 7.80. The van der Waals surface area contributed by atoms with E-state index in [2.05, 4.69) is 22.0 Å². The van der Waals surface area contributed by atoms with Gasteiger partial charge in [0.2, 0.25) is 0 Å². The second kappa shape index (κ2) is 11.3. The van der Waals surface area contributed by atoms with Crippen molar-refractivity contribution in [3.63, 3.8) is 0 Å². The number of piperazine rings is 1. The van der Waals surface area contributed by atoms with Crippen molar-refractivity contribution in [1.82, 2.24) is 20.0 Å². The average Bonchev–Trinajstić information content (AvgIpc) is 3.01. The Morgan fingerprint density at radius 2 is 1.86 bits per heavy atom. The number of nitrogens with one attached hydrogen (secondary N) is 1. The predicted octanol–water partition coefficient (Wildman–Crippen LogP) is 3.58. The molecule has 36 heavy (non-hydrogen) atoms. The highest BCUT2D eigenvalue weighted by Gasteiger charge is 2.49. The molecule has 1 aromatic rings. The van der Waals surface area contributed by atoms with Crippen LogP contribution in [0.3, 0.4) is 0 Å². The number of halogens is 3. The summed E-state index contributed by atoms with van der Waals surface area (Å²) in [6.07, 6.45) is -2.96. The molecule has 1 N–H and O–H groups in total. The zero-order valence-corrected chi connectivity index (χ0v) is 22.3. The molecule has 3 rings (SSSR count). The minimum atomic E-state index is -4.72. The fourth-order valence-electron chi connectivity index (χ4n) is 4.41. The quantitative estimate of drug-likeness (QED) is 0.527. The number of rotatable bonds is 7. The molecule has 0 spiro atoms. The van der Waals surface area contributed by atoms with Crippen molar-refractivity contribution in [2.75, 3.05) is 50.7 Å². The van der Waals surface area contributed by atoms with Crippen LogP contribution >= 0.6 is 24.4 Å². The van der Waals surface area contributed by atoms with Gasteiger partial charge in [0.25, 0.3) is 5.91 Å². The van der Waals surface area contributed by atoms with Crippen molar-refractivity contribution >= 4 is 46.3 Å². The minimum Gasteiger partial charge on any atom is -0.363 e. The van der Waals surface area contributed by atoms with Gasteiger partial charge in [-0.1, -0.05) is 6.92 Å². The smallest absolute Gasteiger partial charge is 0.363 e. The molecule has 2 saturated heterocycles. The van der Waals surface area contributed by atoms with Gasteiger partial charge in [-0.3, -0.25) is 14.6 Å². The SMILES string of the molecule is CCCNC(=S)N1CCN(CCCN2C(=S)N(c3ccc(C#N)c(C(F)(F)F)c3)C(=O)C2(C)C)CC1. The van der Waals surface area contributed by atoms with Gasteiger partial charge in [0.05, 0.1) is 22.9 Å². The lowest BCUT2D eigenvalue weighted by Crippen LogP contribution is -2.52. The third-order valence-electron chi connectivity index (χ3n) is 6.55. The van der Waals surface area contributed by atoms with Gasteiger partial charge >= 0.3 is 6.18 Å². The summed E-state index contributed by atoms with van der Waals surface area (Å²) in [4.78, 5) is 20.6. The van der Waals surface area contributed by atoms with E-state index < -0.39 is 28.7 Å². The van der Waals surface area contributed by atoms with Gasteiger partial charge in [-0.15, -0.1) is 0 Å². The fourth-order valence-corrected chi connectivity index (χ4v) is 5.21. The molecule has 0 unspecified atom stereocenters. The van der Waals surface area contributed by atoms with E-state index in [1.807, 2.05) is 0 Å². The van der Waals surface area contributed by atoms with Crippen molar-refractivity contribution in [3.05, 3.63) is 29.3 Å². The van der Waals surface area contributed by atoms with Crippen LogP contribution in [-0.4, -0.2) is 82.2 Å². The molecule has 2 aliphatic heterocycles. The maximum Gasteiger partial charge on any atom is 0.417 e. The molecule has 0 bridgehead atoms. The summed E-state index contributed by atoms with van der Waals surface area (Å²) in [5.41, 5.74) is -2.57. The summed E-state index contributed by atoms with van der Waals surface area (Å²) in [5, 5.41) is 13.3. The largest absolute Gasteiger partial charge is 0.417 e. The minimum absolute atomic E-state index is 0.00988. The lowest BCUT2D eigenvalue weighted by molar-refractivity contribution is -0.137. The van der Waals surface area contributed by atoms with Crippen LogP contribution in [0.25, 0.3) is 0 Å².